The highest BCUT2D eigenvalue weighted by atomic mass is 19.1. The van der Waals surface area contributed by atoms with Crippen molar-refractivity contribution in [2.75, 3.05) is 20.2 Å². The molecule has 0 spiro atoms. The van der Waals surface area contributed by atoms with Crippen LogP contribution in [-0.2, 0) is 22.6 Å². The Morgan fingerprint density at radius 3 is 2.83 bits per heavy atom. The maximum absolute atomic E-state index is 13.8. The van der Waals surface area contributed by atoms with Gasteiger partial charge in [-0.3, -0.25) is 0 Å². The number of benzene rings is 1. The van der Waals surface area contributed by atoms with Gasteiger partial charge in [0.15, 0.2) is 6.54 Å². The highest BCUT2D eigenvalue weighted by Crippen LogP contribution is 2.11. The van der Waals surface area contributed by atoms with Crippen molar-refractivity contribution in [3.8, 4) is 0 Å². The van der Waals surface area contributed by atoms with E-state index in [1.54, 1.807) is 18.2 Å². The minimum Gasteiger partial charge on any atom is -0.465 e. The first-order valence-corrected chi connectivity index (χ1v) is 7.52. The zero-order valence-electron chi connectivity index (χ0n) is 13.3. The van der Waals surface area contributed by atoms with E-state index in [1.165, 1.54) is 13.2 Å². The van der Waals surface area contributed by atoms with Gasteiger partial charge in [0.2, 0.25) is 0 Å². The second-order valence-electron chi connectivity index (χ2n) is 5.39. The lowest BCUT2D eigenvalue weighted by atomic mass is 10.2. The van der Waals surface area contributed by atoms with Crippen LogP contribution in [0.2, 0.25) is 0 Å². The van der Waals surface area contributed by atoms with Crippen LogP contribution < -0.4 is 4.90 Å². The average Bonchev–Trinajstić information content (AvgIpc) is 2.96. The Kier molecular flexibility index (Phi) is 6.11. The van der Waals surface area contributed by atoms with Crippen molar-refractivity contribution in [1.82, 2.24) is 4.57 Å². The molecule has 0 aliphatic heterocycles. The normalized spacial score (nSPS) is 11.9. The van der Waals surface area contributed by atoms with Crippen molar-refractivity contribution in [3.05, 3.63) is 72.3 Å². The summed E-state index contributed by atoms with van der Waals surface area (Å²) in [5.74, 6) is -0.467. The Bertz CT molecular complexity index is 667. The molecule has 1 aromatic heterocycles. The lowest BCUT2D eigenvalue weighted by Crippen LogP contribution is -3.11. The first-order chi connectivity index (χ1) is 11.1. The monoisotopic (exact) mass is 317 g/mol. The highest BCUT2D eigenvalue weighted by Gasteiger charge is 2.16. The molecule has 4 nitrogen and oxygen atoms in total. The number of nitrogens with one attached hydrogen (secondary N) is 1. The number of quaternary nitrogens is 1. The zero-order chi connectivity index (χ0) is 16.7. The molecule has 1 N–H and O–H groups in total. The summed E-state index contributed by atoms with van der Waals surface area (Å²) < 4.78 is 20.6. The molecule has 0 aliphatic carbocycles. The van der Waals surface area contributed by atoms with Gasteiger partial charge in [-0.05, 0) is 24.3 Å². The molecular weight excluding hydrogens is 295 g/mol. The second kappa shape index (κ2) is 8.29. The van der Waals surface area contributed by atoms with E-state index < -0.39 is 0 Å². The number of rotatable bonds is 8. The third-order valence-corrected chi connectivity index (χ3v) is 3.71. The second-order valence-corrected chi connectivity index (χ2v) is 5.39. The van der Waals surface area contributed by atoms with Crippen LogP contribution in [-0.4, -0.2) is 30.7 Å². The number of carbonyl (C=O) groups excluding carboxylic acids is 1. The van der Waals surface area contributed by atoms with Gasteiger partial charge in [0.05, 0.1) is 25.9 Å². The number of aromatic nitrogens is 1. The molecule has 0 bridgehead atoms. The van der Waals surface area contributed by atoms with Gasteiger partial charge >= 0.3 is 5.97 Å². The third kappa shape index (κ3) is 4.79. The summed E-state index contributed by atoms with van der Waals surface area (Å²) in [5.41, 5.74) is 1.68. The molecule has 0 aliphatic rings. The predicted molar refractivity (Wildman–Crippen MR) is 86.5 cm³/mol. The number of methoxy groups -OCH3 is 1. The molecule has 0 saturated heterocycles. The minimum atomic E-state index is -0.256. The Morgan fingerprint density at radius 1 is 1.35 bits per heavy atom. The lowest BCUT2D eigenvalue weighted by molar-refractivity contribution is -0.901. The van der Waals surface area contributed by atoms with E-state index in [2.05, 4.69) is 6.58 Å². The third-order valence-electron chi connectivity index (χ3n) is 3.71. The molecule has 122 valence electrons. The molecule has 1 unspecified atom stereocenters. The van der Waals surface area contributed by atoms with Gasteiger partial charge in [-0.25, -0.2) is 9.18 Å². The summed E-state index contributed by atoms with van der Waals surface area (Å²) in [6, 6.07) is 10.7. The van der Waals surface area contributed by atoms with Gasteiger partial charge < -0.3 is 14.2 Å². The number of esters is 1. The van der Waals surface area contributed by atoms with Gasteiger partial charge in [-0.1, -0.05) is 24.8 Å². The minimum absolute atomic E-state index is 0.211. The van der Waals surface area contributed by atoms with E-state index in [1.807, 2.05) is 29.0 Å². The number of ether oxygens (including phenoxy) is 1. The molecule has 2 rings (SSSR count). The van der Waals surface area contributed by atoms with Crippen molar-refractivity contribution in [2.24, 2.45) is 0 Å². The Hall–Kier alpha value is -2.40. The topological polar surface area (TPSA) is 35.7 Å². The number of hydrogen-bond acceptors (Lipinski definition) is 2. The maximum Gasteiger partial charge on any atom is 0.361 e. The molecule has 1 aromatic carbocycles. The number of hydrogen-bond donors (Lipinski definition) is 1. The van der Waals surface area contributed by atoms with E-state index in [-0.39, 0.29) is 18.3 Å². The van der Waals surface area contributed by atoms with Gasteiger partial charge in [0, 0.05) is 11.8 Å². The molecule has 2 aromatic rings. The van der Waals surface area contributed by atoms with Crippen molar-refractivity contribution in [2.45, 2.75) is 13.1 Å². The molecule has 0 saturated carbocycles. The maximum atomic E-state index is 13.8. The first kappa shape index (κ1) is 17.0. The van der Waals surface area contributed by atoms with E-state index in [4.69, 9.17) is 4.74 Å². The molecule has 5 heteroatoms. The smallest absolute Gasteiger partial charge is 0.361 e. The standard InChI is InChI=1S/C18H21FN2O2/c1-3-10-20(14-18(22)23-2)13-16-8-6-11-21(16)12-15-7-4-5-9-17(15)19/h3-9,11H,1,10,12-14H2,2H3/p+1. The SMILES string of the molecule is C=CC[NH+](CC(=O)OC)Cc1cccn1Cc1ccccc1F. The largest absolute Gasteiger partial charge is 0.465 e. The number of carbonyl (C=O) groups is 1. The van der Waals surface area contributed by atoms with Crippen LogP contribution in [0, 0.1) is 5.82 Å². The fraction of sp³-hybridized carbons (Fsp3) is 0.278. The van der Waals surface area contributed by atoms with E-state index in [0.717, 1.165) is 10.6 Å². The summed E-state index contributed by atoms with van der Waals surface area (Å²) in [6.45, 7) is 5.77. The molecule has 0 amide bonds. The van der Waals surface area contributed by atoms with Gasteiger partial charge in [-0.15, -0.1) is 0 Å². The summed E-state index contributed by atoms with van der Waals surface area (Å²) in [6.07, 6.45) is 3.70. The van der Waals surface area contributed by atoms with Crippen molar-refractivity contribution >= 4 is 5.97 Å². The summed E-state index contributed by atoms with van der Waals surface area (Å²) in [4.78, 5) is 12.5. The van der Waals surface area contributed by atoms with Crippen LogP contribution in [0.1, 0.15) is 11.3 Å². The summed E-state index contributed by atoms with van der Waals surface area (Å²) in [5, 5.41) is 0. The Morgan fingerprint density at radius 2 is 2.13 bits per heavy atom. The quantitative estimate of drug-likeness (QED) is 0.590. The number of halogens is 1. The molecule has 23 heavy (non-hydrogen) atoms. The average molecular weight is 317 g/mol. The van der Waals surface area contributed by atoms with Crippen LogP contribution in [0.5, 0.6) is 0 Å². The fourth-order valence-electron chi connectivity index (χ4n) is 2.52. The molecular formula is C18H22FN2O2+. The summed E-state index contributed by atoms with van der Waals surface area (Å²) >= 11 is 0. The van der Waals surface area contributed by atoms with Crippen LogP contribution in [0.4, 0.5) is 4.39 Å². The number of nitrogens with zero attached hydrogens (tertiary/aromatic N) is 1. The van der Waals surface area contributed by atoms with E-state index >= 15 is 0 Å². The lowest BCUT2D eigenvalue weighted by Gasteiger charge is -2.18. The highest BCUT2D eigenvalue weighted by molar-refractivity contribution is 5.70. The Balaban J connectivity index is 2.11. The fourth-order valence-corrected chi connectivity index (χ4v) is 2.52. The predicted octanol–water partition coefficient (Wildman–Crippen LogP) is 1.42. The van der Waals surface area contributed by atoms with Gasteiger partial charge in [0.25, 0.3) is 0 Å². The molecule has 1 atom stereocenters. The van der Waals surface area contributed by atoms with E-state index in [9.17, 15) is 9.18 Å². The molecule has 0 radical (unpaired) electrons. The van der Waals surface area contributed by atoms with Crippen molar-refractivity contribution in [3.63, 3.8) is 0 Å². The molecule has 0 fully saturated rings. The van der Waals surface area contributed by atoms with Crippen molar-refractivity contribution < 1.29 is 18.8 Å². The summed E-state index contributed by atoms with van der Waals surface area (Å²) in [7, 11) is 1.38. The Labute approximate surface area is 135 Å². The first-order valence-electron chi connectivity index (χ1n) is 7.52. The van der Waals surface area contributed by atoms with Crippen LogP contribution >= 0.6 is 0 Å². The van der Waals surface area contributed by atoms with Gasteiger partial charge in [0.1, 0.15) is 12.4 Å². The van der Waals surface area contributed by atoms with Crippen molar-refractivity contribution in [1.29, 1.82) is 0 Å². The zero-order valence-corrected chi connectivity index (χ0v) is 13.3. The van der Waals surface area contributed by atoms with Gasteiger partial charge in [-0.2, -0.15) is 0 Å². The van der Waals surface area contributed by atoms with Crippen LogP contribution in [0.3, 0.4) is 0 Å². The van der Waals surface area contributed by atoms with Crippen LogP contribution in [0.25, 0.3) is 0 Å². The van der Waals surface area contributed by atoms with Crippen LogP contribution in [0.15, 0.2) is 55.3 Å². The molecule has 1 heterocycles. The van der Waals surface area contributed by atoms with E-state index in [0.29, 0.717) is 25.2 Å².